The van der Waals surface area contributed by atoms with Gasteiger partial charge in [-0.3, -0.25) is 9.59 Å². The van der Waals surface area contributed by atoms with Crippen LogP contribution >= 0.6 is 0 Å². The molecule has 0 heterocycles. The van der Waals surface area contributed by atoms with Crippen molar-refractivity contribution < 1.29 is 19.5 Å². The summed E-state index contributed by atoms with van der Waals surface area (Å²) in [5.74, 6) is -2.49. The monoisotopic (exact) mass is 293 g/mol. The first-order valence-corrected chi connectivity index (χ1v) is 6.54. The number of urea groups is 1. The molecule has 1 unspecified atom stereocenters. The molecule has 3 amide bonds. The van der Waals surface area contributed by atoms with Crippen LogP contribution in [0.2, 0.25) is 0 Å². The number of carbonyl (C=O) groups excluding carboxylic acids is 2. The van der Waals surface area contributed by atoms with Gasteiger partial charge in [-0.25, -0.2) is 4.79 Å². The minimum atomic E-state index is -1.03. The zero-order valence-electron chi connectivity index (χ0n) is 11.8. The van der Waals surface area contributed by atoms with Gasteiger partial charge in [-0.05, 0) is 12.5 Å². The molecule has 1 aromatic rings. The van der Waals surface area contributed by atoms with E-state index in [9.17, 15) is 19.5 Å². The van der Waals surface area contributed by atoms with Crippen LogP contribution in [0.3, 0.4) is 0 Å². The second-order valence-corrected chi connectivity index (χ2v) is 4.47. The average molecular weight is 293 g/mol. The van der Waals surface area contributed by atoms with Crippen LogP contribution in [0.4, 0.5) is 4.79 Å². The van der Waals surface area contributed by atoms with Crippen molar-refractivity contribution in [3.05, 3.63) is 35.9 Å². The lowest BCUT2D eigenvalue weighted by Gasteiger charge is -2.21. The highest BCUT2D eigenvalue weighted by Crippen LogP contribution is 2.14. The molecule has 4 N–H and O–H groups in total. The molecule has 114 valence electrons. The Labute approximate surface area is 122 Å². The van der Waals surface area contributed by atoms with Crippen LogP contribution in [0.15, 0.2) is 30.3 Å². The predicted octanol–water partition coefficient (Wildman–Crippen LogP) is 0.372. The molecule has 0 spiro atoms. The summed E-state index contributed by atoms with van der Waals surface area (Å²) in [5.41, 5.74) is 5.65. The third-order valence-corrected chi connectivity index (χ3v) is 2.97. The third-order valence-electron chi connectivity index (χ3n) is 2.97. The third kappa shape index (κ3) is 5.13. The molecule has 0 saturated heterocycles. The van der Waals surface area contributed by atoms with Crippen LogP contribution < -0.4 is 11.1 Å². The van der Waals surface area contributed by atoms with E-state index < -0.39 is 23.8 Å². The van der Waals surface area contributed by atoms with E-state index in [1.54, 1.807) is 37.3 Å². The summed E-state index contributed by atoms with van der Waals surface area (Å²) >= 11 is 0. The van der Waals surface area contributed by atoms with Crippen LogP contribution in [0.1, 0.15) is 18.4 Å². The lowest BCUT2D eigenvalue weighted by molar-refractivity contribution is -0.138. The van der Waals surface area contributed by atoms with Crippen molar-refractivity contribution in [3.8, 4) is 0 Å². The summed E-state index contributed by atoms with van der Waals surface area (Å²) in [4.78, 5) is 35.2. The van der Waals surface area contributed by atoms with Gasteiger partial charge in [0.25, 0.3) is 0 Å². The average Bonchev–Trinajstić information content (AvgIpc) is 2.45. The van der Waals surface area contributed by atoms with Crippen molar-refractivity contribution in [1.29, 1.82) is 0 Å². The quantitative estimate of drug-likeness (QED) is 0.674. The van der Waals surface area contributed by atoms with Crippen molar-refractivity contribution in [3.63, 3.8) is 0 Å². The molecular formula is C14H19N3O4. The minimum absolute atomic E-state index is 0.0621. The molecule has 7 nitrogen and oxygen atoms in total. The maximum absolute atomic E-state index is 11.9. The summed E-state index contributed by atoms with van der Waals surface area (Å²) in [6.45, 7) is 1.74. The number of primary amides is 1. The zero-order valence-corrected chi connectivity index (χ0v) is 11.8. The maximum atomic E-state index is 11.9. The number of hydrogen-bond donors (Lipinski definition) is 3. The molecule has 0 bridgehead atoms. The predicted molar refractivity (Wildman–Crippen MR) is 76.7 cm³/mol. The van der Waals surface area contributed by atoms with E-state index >= 15 is 0 Å². The van der Waals surface area contributed by atoms with Gasteiger partial charge in [0, 0.05) is 13.1 Å². The number of aliphatic carboxylic acids is 1. The van der Waals surface area contributed by atoms with Crippen molar-refractivity contribution in [2.45, 2.75) is 12.8 Å². The molecule has 0 aliphatic rings. The highest BCUT2D eigenvalue weighted by atomic mass is 16.4. The molecular weight excluding hydrogens is 274 g/mol. The van der Waals surface area contributed by atoms with Crippen LogP contribution in [0.5, 0.6) is 0 Å². The second kappa shape index (κ2) is 7.88. The molecule has 1 aromatic carbocycles. The van der Waals surface area contributed by atoms with Gasteiger partial charge in [-0.1, -0.05) is 30.3 Å². The van der Waals surface area contributed by atoms with Gasteiger partial charge < -0.3 is 21.1 Å². The maximum Gasteiger partial charge on any atom is 0.317 e. The van der Waals surface area contributed by atoms with E-state index in [1.165, 1.54) is 4.90 Å². The Balaban J connectivity index is 2.67. The SMILES string of the molecule is CCN(CC(N)=O)C(=O)NCC(C(=O)O)c1ccccc1. The first-order chi connectivity index (χ1) is 9.95. The van der Waals surface area contributed by atoms with E-state index in [0.29, 0.717) is 12.1 Å². The van der Waals surface area contributed by atoms with Crippen molar-refractivity contribution >= 4 is 17.9 Å². The first-order valence-electron chi connectivity index (χ1n) is 6.54. The van der Waals surface area contributed by atoms with Gasteiger partial charge in [0.2, 0.25) is 5.91 Å². The van der Waals surface area contributed by atoms with Gasteiger partial charge in [-0.15, -0.1) is 0 Å². The molecule has 0 saturated carbocycles. The molecule has 21 heavy (non-hydrogen) atoms. The Bertz CT molecular complexity index is 504. The molecule has 1 atom stereocenters. The number of rotatable bonds is 7. The molecule has 1 rings (SSSR count). The number of benzene rings is 1. The Kier molecular flexibility index (Phi) is 6.19. The van der Waals surface area contributed by atoms with Gasteiger partial charge >= 0.3 is 12.0 Å². The second-order valence-electron chi connectivity index (χ2n) is 4.47. The number of carboxylic acid groups (broad SMARTS) is 1. The number of hydrogen-bond acceptors (Lipinski definition) is 3. The Morgan fingerprint density at radius 2 is 1.90 bits per heavy atom. The van der Waals surface area contributed by atoms with Crippen LogP contribution in [-0.2, 0) is 9.59 Å². The number of likely N-dealkylation sites (N-methyl/N-ethyl adjacent to an activating group) is 1. The number of nitrogens with one attached hydrogen (secondary N) is 1. The fourth-order valence-electron chi connectivity index (χ4n) is 1.85. The number of carboxylic acids is 1. The fourth-order valence-corrected chi connectivity index (χ4v) is 1.85. The molecule has 0 aliphatic carbocycles. The van der Waals surface area contributed by atoms with Crippen molar-refractivity contribution in [2.24, 2.45) is 5.73 Å². The summed E-state index contributed by atoms with van der Waals surface area (Å²) < 4.78 is 0. The summed E-state index contributed by atoms with van der Waals surface area (Å²) in [6, 6.07) is 8.11. The number of carbonyl (C=O) groups is 3. The zero-order chi connectivity index (χ0) is 15.8. The van der Waals surface area contributed by atoms with E-state index in [2.05, 4.69) is 5.32 Å². The fraction of sp³-hybridized carbons (Fsp3) is 0.357. The van der Waals surface area contributed by atoms with E-state index in [0.717, 1.165) is 0 Å². The standard InChI is InChI=1S/C14H19N3O4/c1-2-17(9-12(15)18)14(21)16-8-11(13(19)20)10-6-4-3-5-7-10/h3-7,11H,2,8-9H2,1H3,(H2,15,18)(H,16,21)(H,19,20). The first kappa shape index (κ1) is 16.5. The van der Waals surface area contributed by atoms with Crippen LogP contribution in [0.25, 0.3) is 0 Å². The lowest BCUT2D eigenvalue weighted by Crippen LogP contribution is -2.45. The molecule has 0 radical (unpaired) electrons. The van der Waals surface area contributed by atoms with E-state index in [-0.39, 0.29) is 13.1 Å². The number of amides is 3. The highest BCUT2D eigenvalue weighted by Gasteiger charge is 2.22. The molecule has 0 fully saturated rings. The largest absolute Gasteiger partial charge is 0.481 e. The lowest BCUT2D eigenvalue weighted by atomic mass is 9.99. The Hall–Kier alpha value is -2.57. The smallest absolute Gasteiger partial charge is 0.317 e. The van der Waals surface area contributed by atoms with Crippen LogP contribution in [0, 0.1) is 0 Å². The summed E-state index contributed by atoms with van der Waals surface area (Å²) in [7, 11) is 0. The van der Waals surface area contributed by atoms with Crippen LogP contribution in [-0.4, -0.2) is 47.5 Å². The van der Waals surface area contributed by atoms with Gasteiger partial charge in [-0.2, -0.15) is 0 Å². The van der Waals surface area contributed by atoms with Crippen molar-refractivity contribution in [2.75, 3.05) is 19.6 Å². The van der Waals surface area contributed by atoms with Gasteiger partial charge in [0.05, 0.1) is 5.92 Å². The summed E-state index contributed by atoms with van der Waals surface area (Å²) in [6.07, 6.45) is 0. The summed E-state index contributed by atoms with van der Waals surface area (Å²) in [5, 5.41) is 11.8. The molecule has 0 aromatic heterocycles. The Morgan fingerprint density at radius 3 is 2.38 bits per heavy atom. The topological polar surface area (TPSA) is 113 Å². The Morgan fingerprint density at radius 1 is 1.29 bits per heavy atom. The van der Waals surface area contributed by atoms with E-state index in [1.807, 2.05) is 0 Å². The molecule has 7 heteroatoms. The van der Waals surface area contributed by atoms with E-state index in [4.69, 9.17) is 5.73 Å². The van der Waals surface area contributed by atoms with Gasteiger partial charge in [0.15, 0.2) is 0 Å². The normalized spacial score (nSPS) is 11.5. The minimum Gasteiger partial charge on any atom is -0.481 e. The highest BCUT2D eigenvalue weighted by molar-refractivity contribution is 5.83. The van der Waals surface area contributed by atoms with Gasteiger partial charge in [0.1, 0.15) is 6.54 Å². The number of nitrogens with zero attached hydrogens (tertiary/aromatic N) is 1. The number of nitrogens with two attached hydrogens (primary N) is 1. The molecule has 0 aliphatic heterocycles. The van der Waals surface area contributed by atoms with Crippen molar-refractivity contribution in [1.82, 2.24) is 10.2 Å².